The fraction of sp³-hybridized carbons (Fsp3) is 0.273. The molecule has 1 aliphatic carbocycles. The molecule has 2 atom stereocenters. The molecule has 3 rings (SSSR count). The van der Waals surface area contributed by atoms with Gasteiger partial charge in [0.25, 0.3) is 0 Å². The number of hydrogen-bond donors (Lipinski definition) is 0. The van der Waals surface area contributed by atoms with Crippen molar-refractivity contribution in [2.24, 2.45) is 16.7 Å². The Morgan fingerprint density at radius 2 is 1.90 bits per heavy atom. The Hall–Kier alpha value is -2.17. The first kappa shape index (κ1) is 21.5. The number of hydrogen-bond acceptors (Lipinski definition) is 4. The number of halogens is 3. The average Bonchev–Trinajstić information content (AvgIpc) is 3.16. The Morgan fingerprint density at radius 1 is 1.21 bits per heavy atom. The van der Waals surface area contributed by atoms with Crippen LogP contribution in [0.2, 0.25) is 0 Å². The second-order valence-corrected chi connectivity index (χ2v) is 10.3. The third-order valence-corrected chi connectivity index (χ3v) is 5.93. The molecule has 0 saturated heterocycles. The average molecular weight is 523 g/mol. The molecule has 0 bridgehead atoms. The summed E-state index contributed by atoms with van der Waals surface area (Å²) in [6.45, 7) is 3.68. The maximum absolute atomic E-state index is 13.0. The highest BCUT2D eigenvalue weighted by Gasteiger charge is 2.77. The SMILES string of the molecule is CC1(C)C(C=C(Br)Br)C1(C#N)C(=O)OOc1cccc(Cc2ccc(F)cc2)c1. The first-order valence-corrected chi connectivity index (χ1v) is 10.5. The molecular formula is C22H18Br2FNO3. The van der Waals surface area contributed by atoms with Gasteiger partial charge >= 0.3 is 5.97 Å². The van der Waals surface area contributed by atoms with E-state index in [4.69, 9.17) is 9.78 Å². The lowest BCUT2D eigenvalue weighted by Gasteiger charge is -2.11. The number of allylic oxidation sites excluding steroid dienone is 1. The number of nitrogens with zero attached hydrogens (tertiary/aromatic N) is 1. The molecule has 0 spiro atoms. The van der Waals surface area contributed by atoms with Crippen molar-refractivity contribution < 1.29 is 19.0 Å². The smallest absolute Gasteiger partial charge is 0.287 e. The summed E-state index contributed by atoms with van der Waals surface area (Å²) in [6, 6.07) is 15.4. The van der Waals surface area contributed by atoms with Crippen molar-refractivity contribution in [3.05, 3.63) is 74.9 Å². The fourth-order valence-corrected chi connectivity index (χ4v) is 4.14. The summed E-state index contributed by atoms with van der Waals surface area (Å²) in [4.78, 5) is 23.0. The van der Waals surface area contributed by atoms with Crippen LogP contribution in [0.1, 0.15) is 25.0 Å². The number of nitriles is 1. The van der Waals surface area contributed by atoms with Crippen molar-refractivity contribution in [2.45, 2.75) is 20.3 Å². The van der Waals surface area contributed by atoms with Gasteiger partial charge in [0.05, 0.1) is 9.46 Å². The Labute approximate surface area is 185 Å². The Kier molecular flexibility index (Phi) is 6.16. The summed E-state index contributed by atoms with van der Waals surface area (Å²) >= 11 is 6.55. The number of rotatable bonds is 6. The topological polar surface area (TPSA) is 59.3 Å². The van der Waals surface area contributed by atoms with Crippen LogP contribution in [0.5, 0.6) is 5.75 Å². The van der Waals surface area contributed by atoms with Gasteiger partial charge in [0.2, 0.25) is 0 Å². The summed E-state index contributed by atoms with van der Waals surface area (Å²) in [5, 5.41) is 9.68. The zero-order valence-corrected chi connectivity index (χ0v) is 19.0. The molecule has 150 valence electrons. The van der Waals surface area contributed by atoms with Gasteiger partial charge < -0.3 is 0 Å². The molecule has 1 aliphatic rings. The maximum Gasteiger partial charge on any atom is 0.376 e. The van der Waals surface area contributed by atoms with Gasteiger partial charge in [-0.2, -0.15) is 5.26 Å². The summed E-state index contributed by atoms with van der Waals surface area (Å²) < 4.78 is 13.7. The highest BCUT2D eigenvalue weighted by atomic mass is 79.9. The molecule has 0 aliphatic heterocycles. The first-order chi connectivity index (χ1) is 13.7. The van der Waals surface area contributed by atoms with E-state index in [9.17, 15) is 14.4 Å². The zero-order valence-electron chi connectivity index (χ0n) is 15.8. The standard InChI is InChI=1S/C22H18Br2FNO3/c1-21(2)18(12-19(23)24)22(21,13-26)20(27)29-28-17-5-3-4-15(11-17)10-14-6-8-16(25)9-7-14/h3-9,11-12,18H,10H2,1-2H3. The first-order valence-electron chi connectivity index (χ1n) is 8.87. The minimum atomic E-state index is -1.31. The van der Waals surface area contributed by atoms with Crippen molar-refractivity contribution >= 4 is 37.8 Å². The molecule has 0 aromatic heterocycles. The van der Waals surface area contributed by atoms with Crippen LogP contribution < -0.4 is 4.89 Å². The van der Waals surface area contributed by atoms with Gasteiger partial charge in [-0.25, -0.2) is 14.1 Å². The van der Waals surface area contributed by atoms with Crippen LogP contribution in [0.3, 0.4) is 0 Å². The molecule has 0 amide bonds. The molecule has 0 heterocycles. The Morgan fingerprint density at radius 3 is 2.52 bits per heavy atom. The minimum Gasteiger partial charge on any atom is -0.287 e. The predicted molar refractivity (Wildman–Crippen MR) is 114 cm³/mol. The number of benzene rings is 2. The molecule has 2 aromatic rings. The van der Waals surface area contributed by atoms with Crippen molar-refractivity contribution in [3.8, 4) is 11.8 Å². The van der Waals surface area contributed by atoms with E-state index < -0.39 is 16.8 Å². The summed E-state index contributed by atoms with van der Waals surface area (Å²) in [5.74, 6) is -0.975. The second-order valence-electron chi connectivity index (χ2n) is 7.48. The van der Waals surface area contributed by atoms with Gasteiger partial charge in [-0.05, 0) is 73.7 Å². The van der Waals surface area contributed by atoms with E-state index >= 15 is 0 Å². The van der Waals surface area contributed by atoms with Crippen LogP contribution >= 0.6 is 31.9 Å². The van der Waals surface area contributed by atoms with E-state index in [0.717, 1.165) is 11.1 Å². The van der Waals surface area contributed by atoms with Crippen LogP contribution in [0.25, 0.3) is 0 Å². The van der Waals surface area contributed by atoms with E-state index in [1.54, 1.807) is 36.4 Å². The highest BCUT2D eigenvalue weighted by molar-refractivity contribution is 9.28. The van der Waals surface area contributed by atoms with Crippen LogP contribution in [-0.2, 0) is 16.1 Å². The lowest BCUT2D eigenvalue weighted by molar-refractivity contribution is -0.219. The molecule has 1 fully saturated rings. The molecule has 2 unspecified atom stereocenters. The summed E-state index contributed by atoms with van der Waals surface area (Å²) in [7, 11) is 0. The Bertz CT molecular complexity index is 994. The molecular weight excluding hydrogens is 505 g/mol. The van der Waals surface area contributed by atoms with Gasteiger partial charge in [0.15, 0.2) is 11.2 Å². The number of carbonyl (C=O) groups excluding carboxylic acids is 1. The summed E-state index contributed by atoms with van der Waals surface area (Å²) in [5.41, 5.74) is -0.0418. The Balaban J connectivity index is 1.68. The summed E-state index contributed by atoms with van der Waals surface area (Å²) in [6.07, 6.45) is 2.35. The van der Waals surface area contributed by atoms with Gasteiger partial charge in [-0.3, -0.25) is 4.89 Å². The van der Waals surface area contributed by atoms with Crippen molar-refractivity contribution in [2.75, 3.05) is 0 Å². The lowest BCUT2D eigenvalue weighted by atomic mass is 9.98. The minimum absolute atomic E-state index is 0.285. The van der Waals surface area contributed by atoms with E-state index in [0.29, 0.717) is 15.6 Å². The molecule has 29 heavy (non-hydrogen) atoms. The van der Waals surface area contributed by atoms with Gasteiger partial charge in [-0.1, -0.05) is 44.2 Å². The maximum atomic E-state index is 13.0. The van der Waals surface area contributed by atoms with E-state index in [2.05, 4.69) is 37.9 Å². The second kappa shape index (κ2) is 8.29. The normalized spacial score (nSPS) is 21.6. The molecule has 7 heteroatoms. The van der Waals surface area contributed by atoms with Crippen LogP contribution in [0, 0.1) is 33.9 Å². The highest BCUT2D eigenvalue weighted by Crippen LogP contribution is 2.70. The monoisotopic (exact) mass is 521 g/mol. The van der Waals surface area contributed by atoms with E-state index in [1.165, 1.54) is 12.1 Å². The van der Waals surface area contributed by atoms with Crippen LogP contribution in [0.15, 0.2) is 58.0 Å². The van der Waals surface area contributed by atoms with Crippen LogP contribution in [-0.4, -0.2) is 5.97 Å². The van der Waals surface area contributed by atoms with E-state index in [-0.39, 0.29) is 11.7 Å². The van der Waals surface area contributed by atoms with Gasteiger partial charge in [0.1, 0.15) is 5.82 Å². The quantitative estimate of drug-likeness (QED) is 0.342. The van der Waals surface area contributed by atoms with Crippen molar-refractivity contribution in [3.63, 3.8) is 0 Å². The molecule has 0 radical (unpaired) electrons. The molecule has 0 N–H and O–H groups in total. The zero-order chi connectivity index (χ0) is 21.2. The third kappa shape index (κ3) is 4.24. The largest absolute Gasteiger partial charge is 0.376 e. The van der Waals surface area contributed by atoms with Crippen molar-refractivity contribution in [1.29, 1.82) is 5.26 Å². The fourth-order valence-electron chi connectivity index (χ4n) is 3.61. The van der Waals surface area contributed by atoms with Gasteiger partial charge in [-0.15, -0.1) is 0 Å². The van der Waals surface area contributed by atoms with Crippen molar-refractivity contribution in [1.82, 2.24) is 0 Å². The lowest BCUT2D eigenvalue weighted by Crippen LogP contribution is -2.24. The number of carbonyl (C=O) groups is 1. The third-order valence-electron chi connectivity index (χ3n) is 5.40. The molecule has 4 nitrogen and oxygen atoms in total. The van der Waals surface area contributed by atoms with Crippen LogP contribution in [0.4, 0.5) is 4.39 Å². The predicted octanol–water partition coefficient (Wildman–Crippen LogP) is 6.05. The molecule has 1 saturated carbocycles. The van der Waals surface area contributed by atoms with E-state index in [1.807, 2.05) is 19.9 Å². The van der Waals surface area contributed by atoms with Gasteiger partial charge in [0, 0.05) is 11.3 Å². The molecule has 2 aromatic carbocycles.